The van der Waals surface area contributed by atoms with Crippen LogP contribution in [0.5, 0.6) is 0 Å². The van der Waals surface area contributed by atoms with Crippen molar-refractivity contribution in [3.8, 4) is 0 Å². The van der Waals surface area contributed by atoms with Crippen molar-refractivity contribution in [3.63, 3.8) is 0 Å². The molecule has 1 aromatic heterocycles. The summed E-state index contributed by atoms with van der Waals surface area (Å²) in [5, 5.41) is 4.74. The maximum Gasteiger partial charge on any atom is 0.270 e. The largest absolute Gasteiger partial charge is 0.347 e. The van der Waals surface area contributed by atoms with E-state index in [1.807, 2.05) is 24.3 Å². The second-order valence-corrected chi connectivity index (χ2v) is 4.73. The molecule has 0 aliphatic rings. The highest BCUT2D eigenvalue weighted by atomic mass is 19.1. The van der Waals surface area contributed by atoms with Crippen LogP contribution in [0.2, 0.25) is 0 Å². The molecule has 0 aliphatic carbocycles. The normalized spacial score (nSPS) is 10.5. The van der Waals surface area contributed by atoms with Gasteiger partial charge in [0.2, 0.25) is 0 Å². The van der Waals surface area contributed by atoms with Gasteiger partial charge in [-0.3, -0.25) is 9.78 Å². The molecule has 3 aromatic rings. The molecule has 4 heteroatoms. The number of halogens is 1. The molecule has 0 unspecified atom stereocenters. The lowest BCUT2D eigenvalue weighted by Crippen LogP contribution is -2.23. The van der Waals surface area contributed by atoms with E-state index in [0.29, 0.717) is 12.2 Å². The van der Waals surface area contributed by atoms with Gasteiger partial charge in [-0.1, -0.05) is 36.4 Å². The van der Waals surface area contributed by atoms with Crippen LogP contribution in [0.15, 0.2) is 60.8 Å². The summed E-state index contributed by atoms with van der Waals surface area (Å²) in [4.78, 5) is 16.2. The van der Waals surface area contributed by atoms with Crippen molar-refractivity contribution in [1.29, 1.82) is 0 Å². The summed E-state index contributed by atoms with van der Waals surface area (Å²) in [6.07, 6.45) is 1.68. The lowest BCUT2D eigenvalue weighted by Gasteiger charge is -2.06. The van der Waals surface area contributed by atoms with E-state index in [1.165, 1.54) is 12.1 Å². The Morgan fingerprint density at radius 3 is 2.52 bits per heavy atom. The van der Waals surface area contributed by atoms with Gasteiger partial charge in [0.1, 0.15) is 11.5 Å². The number of amides is 1. The summed E-state index contributed by atoms with van der Waals surface area (Å²) in [5.41, 5.74) is 1.21. The van der Waals surface area contributed by atoms with Crippen LogP contribution in [0.4, 0.5) is 4.39 Å². The molecule has 0 saturated carbocycles. The summed E-state index contributed by atoms with van der Waals surface area (Å²) in [6.45, 7) is 0.341. The van der Waals surface area contributed by atoms with Crippen LogP contribution >= 0.6 is 0 Å². The first-order valence-electron chi connectivity index (χ1n) is 6.60. The molecule has 0 radical (unpaired) electrons. The fraction of sp³-hybridized carbons (Fsp3) is 0.0588. The third-order valence-electron chi connectivity index (χ3n) is 3.23. The Kier molecular flexibility index (Phi) is 3.60. The summed E-state index contributed by atoms with van der Waals surface area (Å²) in [7, 11) is 0. The zero-order valence-electron chi connectivity index (χ0n) is 11.2. The van der Waals surface area contributed by atoms with Crippen LogP contribution in [-0.4, -0.2) is 10.9 Å². The molecule has 0 bridgehead atoms. The molecule has 1 N–H and O–H groups in total. The van der Waals surface area contributed by atoms with Gasteiger partial charge in [0.05, 0.1) is 0 Å². The lowest BCUT2D eigenvalue weighted by atomic mass is 10.1. The van der Waals surface area contributed by atoms with Crippen molar-refractivity contribution >= 4 is 16.7 Å². The second kappa shape index (κ2) is 5.71. The zero-order chi connectivity index (χ0) is 14.7. The van der Waals surface area contributed by atoms with Crippen molar-refractivity contribution in [2.24, 2.45) is 0 Å². The number of fused-ring (bicyclic) bond motifs is 1. The van der Waals surface area contributed by atoms with E-state index in [1.54, 1.807) is 24.4 Å². The molecule has 1 heterocycles. The summed E-state index contributed by atoms with van der Waals surface area (Å²) < 4.78 is 12.8. The first-order valence-corrected chi connectivity index (χ1v) is 6.60. The molecular weight excluding hydrogens is 267 g/mol. The van der Waals surface area contributed by atoms with Gasteiger partial charge in [0.25, 0.3) is 5.91 Å². The number of nitrogens with zero attached hydrogens (tertiary/aromatic N) is 1. The van der Waals surface area contributed by atoms with E-state index in [2.05, 4.69) is 10.3 Å². The van der Waals surface area contributed by atoms with Crippen LogP contribution in [0, 0.1) is 5.82 Å². The second-order valence-electron chi connectivity index (χ2n) is 4.73. The molecule has 0 spiro atoms. The third-order valence-corrected chi connectivity index (χ3v) is 3.23. The summed E-state index contributed by atoms with van der Waals surface area (Å²) in [6, 6.07) is 15.5. The van der Waals surface area contributed by atoms with Gasteiger partial charge >= 0.3 is 0 Å². The number of hydrogen-bond donors (Lipinski definition) is 1. The van der Waals surface area contributed by atoms with Gasteiger partial charge in [-0.2, -0.15) is 0 Å². The van der Waals surface area contributed by atoms with Gasteiger partial charge in [-0.05, 0) is 29.1 Å². The Bertz CT molecular complexity index is 784. The van der Waals surface area contributed by atoms with Crippen molar-refractivity contribution in [2.45, 2.75) is 6.54 Å². The predicted molar refractivity (Wildman–Crippen MR) is 79.3 cm³/mol. The number of rotatable bonds is 3. The van der Waals surface area contributed by atoms with E-state index in [4.69, 9.17) is 0 Å². The molecule has 0 saturated heterocycles. The fourth-order valence-electron chi connectivity index (χ4n) is 2.08. The number of aromatic nitrogens is 1. The average molecular weight is 280 g/mol. The number of benzene rings is 2. The molecule has 104 valence electrons. The third kappa shape index (κ3) is 3.05. The monoisotopic (exact) mass is 280 g/mol. The summed E-state index contributed by atoms with van der Waals surface area (Å²) >= 11 is 0. The van der Waals surface area contributed by atoms with E-state index in [-0.39, 0.29) is 11.7 Å². The van der Waals surface area contributed by atoms with Crippen molar-refractivity contribution < 1.29 is 9.18 Å². The van der Waals surface area contributed by atoms with Crippen molar-refractivity contribution in [2.75, 3.05) is 0 Å². The van der Waals surface area contributed by atoms with Gasteiger partial charge in [-0.25, -0.2) is 4.39 Å². The van der Waals surface area contributed by atoms with Gasteiger partial charge < -0.3 is 5.32 Å². The van der Waals surface area contributed by atoms with Gasteiger partial charge in [-0.15, -0.1) is 0 Å². The van der Waals surface area contributed by atoms with Crippen molar-refractivity contribution in [1.82, 2.24) is 10.3 Å². The molecule has 0 fully saturated rings. The van der Waals surface area contributed by atoms with E-state index < -0.39 is 0 Å². The smallest absolute Gasteiger partial charge is 0.270 e. The predicted octanol–water partition coefficient (Wildman–Crippen LogP) is 3.30. The highest BCUT2D eigenvalue weighted by Crippen LogP contribution is 2.13. The van der Waals surface area contributed by atoms with Crippen LogP contribution in [-0.2, 0) is 6.54 Å². The molecule has 3 nitrogen and oxygen atoms in total. The lowest BCUT2D eigenvalue weighted by molar-refractivity contribution is 0.0946. The van der Waals surface area contributed by atoms with Crippen LogP contribution in [0.3, 0.4) is 0 Å². The SMILES string of the molecule is O=C(NCc1ccc(F)cc1)c1cc2ccccc2cn1. The molecule has 0 aliphatic heterocycles. The van der Waals surface area contributed by atoms with E-state index >= 15 is 0 Å². The summed E-state index contributed by atoms with van der Waals surface area (Å²) in [5.74, 6) is -0.536. The Morgan fingerprint density at radius 2 is 1.76 bits per heavy atom. The molecule has 1 amide bonds. The Morgan fingerprint density at radius 1 is 1.05 bits per heavy atom. The van der Waals surface area contributed by atoms with E-state index in [9.17, 15) is 9.18 Å². The Labute approximate surface area is 121 Å². The fourth-order valence-corrected chi connectivity index (χ4v) is 2.08. The minimum Gasteiger partial charge on any atom is -0.347 e. The van der Waals surface area contributed by atoms with Crippen LogP contribution in [0.1, 0.15) is 16.1 Å². The number of pyridine rings is 1. The number of nitrogens with one attached hydrogen (secondary N) is 1. The zero-order valence-corrected chi connectivity index (χ0v) is 11.2. The highest BCUT2D eigenvalue weighted by molar-refractivity contribution is 5.96. The highest BCUT2D eigenvalue weighted by Gasteiger charge is 2.07. The van der Waals surface area contributed by atoms with Gasteiger partial charge in [0.15, 0.2) is 0 Å². The number of hydrogen-bond acceptors (Lipinski definition) is 2. The Balaban J connectivity index is 1.73. The maximum atomic E-state index is 12.8. The molecule has 3 rings (SSSR count). The Hall–Kier alpha value is -2.75. The first kappa shape index (κ1) is 13.2. The molecular formula is C17H13FN2O. The van der Waals surface area contributed by atoms with Crippen molar-refractivity contribution in [3.05, 3.63) is 77.9 Å². The van der Waals surface area contributed by atoms with Crippen LogP contribution < -0.4 is 5.32 Å². The first-order chi connectivity index (χ1) is 10.2. The molecule has 0 atom stereocenters. The quantitative estimate of drug-likeness (QED) is 0.799. The molecule has 2 aromatic carbocycles. The van der Waals surface area contributed by atoms with Crippen LogP contribution in [0.25, 0.3) is 10.8 Å². The topological polar surface area (TPSA) is 42.0 Å². The van der Waals surface area contributed by atoms with E-state index in [0.717, 1.165) is 16.3 Å². The van der Waals surface area contributed by atoms with Gasteiger partial charge in [0, 0.05) is 18.1 Å². The number of carbonyl (C=O) groups excluding carboxylic acids is 1. The standard InChI is InChI=1S/C17H13FN2O/c18-15-7-5-12(6-8-15)10-20-17(21)16-9-13-3-1-2-4-14(13)11-19-16/h1-9,11H,10H2,(H,20,21). The number of carbonyl (C=O) groups is 1. The average Bonchev–Trinajstić information content (AvgIpc) is 2.53. The molecule has 21 heavy (non-hydrogen) atoms. The minimum absolute atomic E-state index is 0.245. The minimum atomic E-state index is -0.290. The maximum absolute atomic E-state index is 12.8.